The van der Waals surface area contributed by atoms with Crippen molar-refractivity contribution in [3.63, 3.8) is 0 Å². The number of nitrogens with zero attached hydrogens (tertiary/aromatic N) is 7. The maximum Gasteiger partial charge on any atom is 0.226 e. The fraction of sp³-hybridized carbons (Fsp3) is 0.769. The van der Waals surface area contributed by atoms with Crippen LogP contribution in [0.2, 0.25) is 0 Å². The van der Waals surface area contributed by atoms with Gasteiger partial charge in [-0.2, -0.15) is 4.98 Å². The van der Waals surface area contributed by atoms with Crippen molar-refractivity contribution in [1.29, 1.82) is 0 Å². The Bertz CT molecular complexity index is 579. The predicted molar refractivity (Wildman–Crippen MR) is 74.2 cm³/mol. The lowest BCUT2D eigenvalue weighted by molar-refractivity contribution is 0.224. The fourth-order valence-corrected chi connectivity index (χ4v) is 2.76. The van der Waals surface area contributed by atoms with Gasteiger partial charge in [0.1, 0.15) is 0 Å². The Hall–Kier alpha value is -1.83. The molecule has 21 heavy (non-hydrogen) atoms. The summed E-state index contributed by atoms with van der Waals surface area (Å²) in [6.45, 7) is 6.73. The second-order valence-corrected chi connectivity index (χ2v) is 5.35. The number of aromatic nitrogens is 6. The Labute approximate surface area is 123 Å². The zero-order chi connectivity index (χ0) is 14.7. The number of aryl methyl sites for hydroxylation is 2. The largest absolute Gasteiger partial charge is 0.339 e. The molecule has 1 saturated heterocycles. The number of hydrogen-bond donors (Lipinski definition) is 0. The van der Waals surface area contributed by atoms with E-state index in [-0.39, 0.29) is 6.04 Å². The van der Waals surface area contributed by atoms with Crippen molar-refractivity contribution in [2.45, 2.75) is 58.7 Å². The molecular formula is C13H21N7O. The van der Waals surface area contributed by atoms with Crippen molar-refractivity contribution in [3.05, 3.63) is 17.5 Å². The first-order valence-corrected chi connectivity index (χ1v) is 7.63. The summed E-state index contributed by atoms with van der Waals surface area (Å²) in [6, 6.07) is 0.209. The molecule has 0 radical (unpaired) electrons. The molecule has 1 aliphatic heterocycles. The molecular weight excluding hydrogens is 270 g/mol. The Kier molecular flexibility index (Phi) is 4.23. The van der Waals surface area contributed by atoms with E-state index in [1.807, 2.05) is 11.6 Å². The minimum atomic E-state index is 0.209. The highest BCUT2D eigenvalue weighted by atomic mass is 16.5. The molecule has 3 rings (SSSR count). The monoisotopic (exact) mass is 291 g/mol. The molecule has 2 aromatic rings. The van der Waals surface area contributed by atoms with Gasteiger partial charge in [0.15, 0.2) is 11.6 Å². The standard InChI is InChI=1S/C13H21N7O/c1-3-7-20-11(15-17-18-20)9-19-8-5-6-10(19)13-14-12(4-2)21-16-13/h10H,3-9H2,1-2H3/t10-/m1/s1. The van der Waals surface area contributed by atoms with E-state index in [1.54, 1.807) is 0 Å². The van der Waals surface area contributed by atoms with Crippen LogP contribution in [0.1, 0.15) is 56.7 Å². The van der Waals surface area contributed by atoms with E-state index < -0.39 is 0 Å². The van der Waals surface area contributed by atoms with Gasteiger partial charge in [0, 0.05) is 13.0 Å². The molecule has 0 saturated carbocycles. The molecule has 3 heterocycles. The highest BCUT2D eigenvalue weighted by molar-refractivity contribution is 4.99. The lowest BCUT2D eigenvalue weighted by Gasteiger charge is -2.20. The van der Waals surface area contributed by atoms with Gasteiger partial charge < -0.3 is 4.52 Å². The Morgan fingerprint density at radius 1 is 1.33 bits per heavy atom. The number of hydrogen-bond acceptors (Lipinski definition) is 7. The topological polar surface area (TPSA) is 85.8 Å². The SMILES string of the molecule is CCCn1nnnc1CN1CCC[C@@H]1c1noc(CC)n1. The first-order chi connectivity index (χ1) is 10.3. The molecule has 1 aliphatic rings. The van der Waals surface area contributed by atoms with Gasteiger partial charge in [-0.25, -0.2) is 4.68 Å². The van der Waals surface area contributed by atoms with Crippen LogP contribution in [0.15, 0.2) is 4.52 Å². The van der Waals surface area contributed by atoms with Crippen LogP contribution >= 0.6 is 0 Å². The Morgan fingerprint density at radius 2 is 2.24 bits per heavy atom. The molecule has 0 bridgehead atoms. The lowest BCUT2D eigenvalue weighted by atomic mass is 10.2. The van der Waals surface area contributed by atoms with Crippen molar-refractivity contribution in [1.82, 2.24) is 35.2 Å². The average Bonchev–Trinajstić information content (AvgIpc) is 3.20. The summed E-state index contributed by atoms with van der Waals surface area (Å²) in [5.41, 5.74) is 0. The summed E-state index contributed by atoms with van der Waals surface area (Å²) in [7, 11) is 0. The van der Waals surface area contributed by atoms with E-state index in [2.05, 4.69) is 37.5 Å². The third-order valence-electron chi connectivity index (χ3n) is 3.83. The summed E-state index contributed by atoms with van der Waals surface area (Å²) < 4.78 is 7.12. The number of rotatable bonds is 6. The zero-order valence-electron chi connectivity index (χ0n) is 12.6. The normalized spacial score (nSPS) is 19.4. The van der Waals surface area contributed by atoms with Crippen molar-refractivity contribution < 1.29 is 4.52 Å². The quantitative estimate of drug-likeness (QED) is 0.794. The summed E-state index contributed by atoms with van der Waals surface area (Å²) in [5, 5.41) is 16.1. The van der Waals surface area contributed by atoms with E-state index in [0.717, 1.165) is 57.0 Å². The summed E-state index contributed by atoms with van der Waals surface area (Å²) in [5.74, 6) is 2.40. The first kappa shape index (κ1) is 14.1. The van der Waals surface area contributed by atoms with Crippen LogP contribution < -0.4 is 0 Å². The molecule has 0 N–H and O–H groups in total. The fourth-order valence-electron chi connectivity index (χ4n) is 2.76. The molecule has 8 heteroatoms. The van der Waals surface area contributed by atoms with E-state index >= 15 is 0 Å². The molecule has 114 valence electrons. The van der Waals surface area contributed by atoms with Gasteiger partial charge in [-0.3, -0.25) is 4.90 Å². The maximum atomic E-state index is 5.24. The van der Waals surface area contributed by atoms with Crippen LogP contribution in [-0.4, -0.2) is 41.8 Å². The highest BCUT2D eigenvalue weighted by Gasteiger charge is 2.31. The van der Waals surface area contributed by atoms with Gasteiger partial charge >= 0.3 is 0 Å². The van der Waals surface area contributed by atoms with Gasteiger partial charge in [-0.1, -0.05) is 19.0 Å². The van der Waals surface area contributed by atoms with Gasteiger partial charge in [0.2, 0.25) is 5.89 Å². The summed E-state index contributed by atoms with van der Waals surface area (Å²) >= 11 is 0. The van der Waals surface area contributed by atoms with Crippen LogP contribution in [0.4, 0.5) is 0 Å². The molecule has 8 nitrogen and oxygen atoms in total. The molecule has 0 amide bonds. The van der Waals surface area contributed by atoms with Gasteiger partial charge in [-0.05, 0) is 36.2 Å². The second-order valence-electron chi connectivity index (χ2n) is 5.35. The summed E-state index contributed by atoms with van der Waals surface area (Å²) in [6.07, 6.45) is 3.98. The molecule has 1 fully saturated rings. The van der Waals surface area contributed by atoms with Crippen molar-refractivity contribution in [3.8, 4) is 0 Å². The molecule has 0 aliphatic carbocycles. The smallest absolute Gasteiger partial charge is 0.226 e. The molecule has 2 aromatic heterocycles. The molecule has 0 aromatic carbocycles. The molecule has 0 unspecified atom stereocenters. The number of tetrazole rings is 1. The van der Waals surface area contributed by atoms with E-state index in [9.17, 15) is 0 Å². The van der Waals surface area contributed by atoms with Gasteiger partial charge in [0.05, 0.1) is 12.6 Å². The summed E-state index contributed by atoms with van der Waals surface area (Å²) in [4.78, 5) is 6.81. The number of likely N-dealkylation sites (tertiary alicyclic amines) is 1. The molecule has 0 spiro atoms. The Balaban J connectivity index is 1.73. The predicted octanol–water partition coefficient (Wildman–Crippen LogP) is 1.37. The van der Waals surface area contributed by atoms with Crippen LogP contribution in [-0.2, 0) is 19.5 Å². The highest BCUT2D eigenvalue weighted by Crippen LogP contribution is 2.31. The lowest BCUT2D eigenvalue weighted by Crippen LogP contribution is -2.25. The van der Waals surface area contributed by atoms with Gasteiger partial charge in [0.25, 0.3) is 0 Å². The zero-order valence-corrected chi connectivity index (χ0v) is 12.6. The van der Waals surface area contributed by atoms with Crippen LogP contribution in [0.25, 0.3) is 0 Å². The maximum absolute atomic E-state index is 5.24. The second kappa shape index (κ2) is 6.30. The van der Waals surface area contributed by atoms with Crippen LogP contribution in [0, 0.1) is 0 Å². The molecule has 1 atom stereocenters. The van der Waals surface area contributed by atoms with Crippen LogP contribution in [0.5, 0.6) is 0 Å². The minimum Gasteiger partial charge on any atom is -0.339 e. The van der Waals surface area contributed by atoms with E-state index in [0.29, 0.717) is 5.89 Å². The Morgan fingerprint density at radius 3 is 3.00 bits per heavy atom. The third-order valence-corrected chi connectivity index (χ3v) is 3.83. The van der Waals surface area contributed by atoms with Crippen molar-refractivity contribution in [2.75, 3.05) is 6.54 Å². The van der Waals surface area contributed by atoms with E-state index in [1.165, 1.54) is 0 Å². The average molecular weight is 291 g/mol. The minimum absolute atomic E-state index is 0.209. The van der Waals surface area contributed by atoms with Crippen molar-refractivity contribution >= 4 is 0 Å². The van der Waals surface area contributed by atoms with Crippen LogP contribution in [0.3, 0.4) is 0 Å². The third kappa shape index (κ3) is 2.94. The van der Waals surface area contributed by atoms with Gasteiger partial charge in [-0.15, -0.1) is 5.10 Å². The van der Waals surface area contributed by atoms with E-state index in [4.69, 9.17) is 4.52 Å². The van der Waals surface area contributed by atoms with Crippen molar-refractivity contribution in [2.24, 2.45) is 0 Å². The first-order valence-electron chi connectivity index (χ1n) is 7.63.